The Bertz CT molecular complexity index is 999. The maximum atomic E-state index is 12.9. The van der Waals surface area contributed by atoms with E-state index in [1.807, 2.05) is 12.1 Å². The summed E-state index contributed by atoms with van der Waals surface area (Å²) in [6.45, 7) is 0.910. The minimum absolute atomic E-state index is 0.0913. The lowest BCUT2D eigenvalue weighted by atomic mass is 9.97. The number of nitrogens with zero attached hydrogens (tertiary/aromatic N) is 1. The summed E-state index contributed by atoms with van der Waals surface area (Å²) in [6, 6.07) is 11.8. The van der Waals surface area contributed by atoms with Gasteiger partial charge in [-0.15, -0.1) is 0 Å². The van der Waals surface area contributed by atoms with E-state index in [1.54, 1.807) is 32.4 Å². The summed E-state index contributed by atoms with van der Waals surface area (Å²) in [5.74, 6) is 1.46. The molecule has 0 unspecified atom stereocenters. The molecule has 0 bridgehead atoms. The highest BCUT2D eigenvalue weighted by Crippen LogP contribution is 2.31. The van der Waals surface area contributed by atoms with E-state index < -0.39 is 10.0 Å². The normalized spacial score (nSPS) is 15.3. The number of para-hydroxylation sites is 1. The highest BCUT2D eigenvalue weighted by Gasteiger charge is 2.32. The molecule has 0 spiro atoms. The van der Waals surface area contributed by atoms with Gasteiger partial charge in [0.05, 0.1) is 26.2 Å². The zero-order valence-corrected chi connectivity index (χ0v) is 18.8. The number of ether oxygens (including phenoxy) is 3. The SMILES string of the molecule is COc1ccc(S(=O)(=O)N2CCC(C(=O)NCc3cccc(OC)c3OC)CC2)cc1. The Morgan fingerprint density at radius 1 is 1.00 bits per heavy atom. The van der Waals surface area contributed by atoms with Crippen LogP contribution in [0.15, 0.2) is 47.4 Å². The van der Waals surface area contributed by atoms with Crippen LogP contribution < -0.4 is 19.5 Å². The molecule has 2 aromatic rings. The standard InChI is InChI=1S/C22H28N2O6S/c1-28-18-7-9-19(10-8-18)31(26,27)24-13-11-16(12-14-24)22(25)23-15-17-5-4-6-20(29-2)21(17)30-3/h4-10,16H,11-15H2,1-3H3,(H,23,25). The summed E-state index contributed by atoms with van der Waals surface area (Å²) < 4.78 is 42.9. The largest absolute Gasteiger partial charge is 0.497 e. The van der Waals surface area contributed by atoms with Crippen molar-refractivity contribution in [3.63, 3.8) is 0 Å². The molecule has 9 heteroatoms. The van der Waals surface area contributed by atoms with Crippen molar-refractivity contribution >= 4 is 15.9 Å². The lowest BCUT2D eigenvalue weighted by Crippen LogP contribution is -2.42. The van der Waals surface area contributed by atoms with Gasteiger partial charge in [0.2, 0.25) is 15.9 Å². The van der Waals surface area contributed by atoms with Crippen molar-refractivity contribution in [2.75, 3.05) is 34.4 Å². The molecule has 1 N–H and O–H groups in total. The minimum Gasteiger partial charge on any atom is -0.497 e. The van der Waals surface area contributed by atoms with Crippen LogP contribution in [0.25, 0.3) is 0 Å². The predicted molar refractivity (Wildman–Crippen MR) is 116 cm³/mol. The van der Waals surface area contributed by atoms with Crippen molar-refractivity contribution in [3.8, 4) is 17.2 Å². The molecule has 1 saturated heterocycles. The van der Waals surface area contributed by atoms with Gasteiger partial charge in [-0.25, -0.2) is 8.42 Å². The number of benzene rings is 2. The Kier molecular flexibility index (Phi) is 7.40. The molecule has 31 heavy (non-hydrogen) atoms. The topological polar surface area (TPSA) is 94.2 Å². The number of rotatable bonds is 8. The van der Waals surface area contributed by atoms with E-state index in [9.17, 15) is 13.2 Å². The molecular formula is C22H28N2O6S. The number of hydrogen-bond acceptors (Lipinski definition) is 6. The first-order valence-electron chi connectivity index (χ1n) is 10.0. The third-order valence-corrected chi connectivity index (χ3v) is 7.37. The van der Waals surface area contributed by atoms with Gasteiger partial charge < -0.3 is 19.5 Å². The fourth-order valence-corrected chi connectivity index (χ4v) is 5.14. The molecule has 1 heterocycles. The van der Waals surface area contributed by atoms with Gasteiger partial charge in [-0.05, 0) is 43.2 Å². The lowest BCUT2D eigenvalue weighted by molar-refractivity contribution is -0.126. The second-order valence-electron chi connectivity index (χ2n) is 7.22. The summed E-state index contributed by atoms with van der Waals surface area (Å²) >= 11 is 0. The van der Waals surface area contributed by atoms with Crippen LogP contribution >= 0.6 is 0 Å². The molecule has 1 aliphatic heterocycles. The summed E-state index contributed by atoms with van der Waals surface area (Å²) in [5, 5.41) is 2.94. The van der Waals surface area contributed by atoms with E-state index >= 15 is 0 Å². The van der Waals surface area contributed by atoms with E-state index in [0.29, 0.717) is 49.7 Å². The van der Waals surface area contributed by atoms with Crippen molar-refractivity contribution < 1.29 is 27.4 Å². The Morgan fingerprint density at radius 3 is 2.26 bits per heavy atom. The average molecular weight is 449 g/mol. The maximum absolute atomic E-state index is 12.9. The van der Waals surface area contributed by atoms with E-state index in [-0.39, 0.29) is 16.7 Å². The molecular weight excluding hydrogens is 420 g/mol. The van der Waals surface area contributed by atoms with Crippen molar-refractivity contribution in [3.05, 3.63) is 48.0 Å². The molecule has 0 radical (unpaired) electrons. The zero-order valence-electron chi connectivity index (χ0n) is 18.0. The first-order chi connectivity index (χ1) is 14.9. The van der Waals surface area contributed by atoms with Gasteiger partial charge in [0.1, 0.15) is 5.75 Å². The fourth-order valence-electron chi connectivity index (χ4n) is 3.67. The third kappa shape index (κ3) is 5.11. The van der Waals surface area contributed by atoms with E-state index in [1.165, 1.54) is 23.5 Å². The number of amides is 1. The Labute approximate surface area is 183 Å². The van der Waals surface area contributed by atoms with Crippen LogP contribution in [-0.4, -0.2) is 53.0 Å². The first-order valence-corrected chi connectivity index (χ1v) is 11.5. The molecule has 0 saturated carbocycles. The summed E-state index contributed by atoms with van der Waals surface area (Å²) in [6.07, 6.45) is 0.937. The number of nitrogens with one attached hydrogen (secondary N) is 1. The Balaban J connectivity index is 1.57. The quantitative estimate of drug-likeness (QED) is 0.667. The highest BCUT2D eigenvalue weighted by atomic mass is 32.2. The molecule has 168 valence electrons. The Morgan fingerprint density at radius 2 is 1.68 bits per heavy atom. The number of piperidine rings is 1. The van der Waals surface area contributed by atoms with Crippen LogP contribution in [0.2, 0.25) is 0 Å². The monoisotopic (exact) mass is 448 g/mol. The second-order valence-corrected chi connectivity index (χ2v) is 9.16. The third-order valence-electron chi connectivity index (χ3n) is 5.46. The van der Waals surface area contributed by atoms with E-state index in [4.69, 9.17) is 14.2 Å². The van der Waals surface area contributed by atoms with Crippen molar-refractivity contribution in [1.82, 2.24) is 9.62 Å². The summed E-state index contributed by atoms with van der Waals surface area (Å²) in [4.78, 5) is 12.9. The van der Waals surface area contributed by atoms with Crippen LogP contribution in [0.1, 0.15) is 18.4 Å². The molecule has 3 rings (SSSR count). The van der Waals surface area contributed by atoms with Crippen LogP contribution in [-0.2, 0) is 21.4 Å². The van der Waals surface area contributed by atoms with Gasteiger partial charge in [0.15, 0.2) is 11.5 Å². The smallest absolute Gasteiger partial charge is 0.243 e. The van der Waals surface area contributed by atoms with Crippen LogP contribution in [0, 0.1) is 5.92 Å². The average Bonchev–Trinajstić information content (AvgIpc) is 2.82. The van der Waals surface area contributed by atoms with Crippen LogP contribution in [0.4, 0.5) is 0 Å². The van der Waals surface area contributed by atoms with Gasteiger partial charge in [0.25, 0.3) is 0 Å². The minimum atomic E-state index is -3.59. The molecule has 1 amide bonds. The van der Waals surface area contributed by atoms with Gasteiger partial charge in [-0.3, -0.25) is 4.79 Å². The highest BCUT2D eigenvalue weighted by molar-refractivity contribution is 7.89. The maximum Gasteiger partial charge on any atom is 0.243 e. The lowest BCUT2D eigenvalue weighted by Gasteiger charge is -2.30. The van der Waals surface area contributed by atoms with Crippen molar-refractivity contribution in [1.29, 1.82) is 0 Å². The van der Waals surface area contributed by atoms with Gasteiger partial charge >= 0.3 is 0 Å². The molecule has 2 aromatic carbocycles. The molecule has 8 nitrogen and oxygen atoms in total. The molecule has 1 fully saturated rings. The van der Waals surface area contributed by atoms with E-state index in [0.717, 1.165) is 5.56 Å². The number of carbonyl (C=O) groups is 1. The second kappa shape index (κ2) is 10.0. The molecule has 0 atom stereocenters. The fraction of sp³-hybridized carbons (Fsp3) is 0.409. The number of carbonyl (C=O) groups excluding carboxylic acids is 1. The summed E-state index contributed by atoms with van der Waals surface area (Å²) in [5.41, 5.74) is 0.815. The van der Waals surface area contributed by atoms with Gasteiger partial charge in [-0.2, -0.15) is 4.31 Å². The van der Waals surface area contributed by atoms with Gasteiger partial charge in [-0.1, -0.05) is 12.1 Å². The van der Waals surface area contributed by atoms with Gasteiger partial charge in [0, 0.05) is 31.1 Å². The van der Waals surface area contributed by atoms with Crippen LogP contribution in [0.3, 0.4) is 0 Å². The zero-order chi connectivity index (χ0) is 22.4. The number of hydrogen-bond donors (Lipinski definition) is 1. The number of sulfonamides is 1. The van der Waals surface area contributed by atoms with Crippen molar-refractivity contribution in [2.45, 2.75) is 24.3 Å². The predicted octanol–water partition coefficient (Wildman–Crippen LogP) is 2.43. The van der Waals surface area contributed by atoms with E-state index in [2.05, 4.69) is 5.32 Å². The first kappa shape index (κ1) is 22.9. The molecule has 1 aliphatic rings. The van der Waals surface area contributed by atoms with Crippen LogP contribution in [0.5, 0.6) is 17.2 Å². The number of methoxy groups -OCH3 is 3. The Hall–Kier alpha value is -2.78. The molecule has 0 aliphatic carbocycles. The summed E-state index contributed by atoms with van der Waals surface area (Å²) in [7, 11) is 1.06. The molecule has 0 aromatic heterocycles. The van der Waals surface area contributed by atoms with Crippen molar-refractivity contribution in [2.24, 2.45) is 5.92 Å².